The highest BCUT2D eigenvalue weighted by Crippen LogP contribution is 1.58. The van der Waals surface area contributed by atoms with E-state index in [0.717, 1.165) is 5.75 Å². The summed E-state index contributed by atoms with van der Waals surface area (Å²) in [5.74, 6) is 32.9. The molecule has 0 unspecified atom stereocenters. The topological polar surface area (TPSA) is 0 Å². The first-order valence-corrected chi connectivity index (χ1v) is 5.44. The maximum Gasteiger partial charge on any atom is -0.0000000000144 e. The van der Waals surface area contributed by atoms with Crippen LogP contribution in [0.25, 0.3) is 0 Å². The van der Waals surface area contributed by atoms with Crippen molar-refractivity contribution in [1.82, 2.24) is 0 Å². The second kappa shape index (κ2) is 19.8. The van der Waals surface area contributed by atoms with Gasteiger partial charge in [-0.1, -0.05) is 12.8 Å². The summed E-state index contributed by atoms with van der Waals surface area (Å²) in [6.45, 7) is 3.69. The summed E-state index contributed by atoms with van der Waals surface area (Å²) < 4.78 is 0. The fraction of sp³-hybridized carbons (Fsp3) is 0.176. The number of hydrogen-bond acceptors (Lipinski definition) is 1. The van der Waals surface area contributed by atoms with Crippen LogP contribution in [-0.2, 0) is 0 Å². The standard InChI is InChI=1S/C15H4.C2H6S/c1-3-5-7-9-11-13-15-14-12-10-8-6-4-2;1-2-3/h1H,2H3;3H,2H2,1H3. The molecule has 0 aromatic rings. The highest BCUT2D eigenvalue weighted by Gasteiger charge is 1.56. The smallest absolute Gasteiger partial charge is 0.0000000000144 e. The monoisotopic (exact) mass is 246 g/mol. The minimum Gasteiger partial charge on any atom is -0.180 e. The summed E-state index contributed by atoms with van der Waals surface area (Å²) in [6, 6.07) is 0. The first-order valence-electron chi connectivity index (χ1n) is 4.81. The average molecular weight is 246 g/mol. The first kappa shape index (κ1) is 17.7. The molecule has 0 atom stereocenters. The van der Waals surface area contributed by atoms with E-state index in [9.17, 15) is 0 Å². The molecule has 0 saturated heterocycles. The van der Waals surface area contributed by atoms with Crippen LogP contribution in [0.5, 0.6) is 0 Å². The van der Waals surface area contributed by atoms with Crippen LogP contribution in [0.1, 0.15) is 13.8 Å². The molecule has 0 saturated carbocycles. The molecule has 0 aromatic carbocycles. The van der Waals surface area contributed by atoms with E-state index >= 15 is 0 Å². The largest absolute Gasteiger partial charge is 0.180 e. The molecule has 0 aromatic heterocycles. The Bertz CT molecular complexity index is 634. The lowest BCUT2D eigenvalue weighted by Crippen LogP contribution is -1.55. The molecule has 0 aliphatic heterocycles. The van der Waals surface area contributed by atoms with E-state index in [1.807, 2.05) is 6.92 Å². The summed E-state index contributed by atoms with van der Waals surface area (Å²) in [4.78, 5) is 0. The Morgan fingerprint density at radius 3 is 1.28 bits per heavy atom. The van der Waals surface area contributed by atoms with E-state index in [-0.39, 0.29) is 0 Å². The molecule has 0 aliphatic rings. The van der Waals surface area contributed by atoms with Gasteiger partial charge in [0, 0.05) is 0 Å². The molecule has 0 N–H and O–H groups in total. The van der Waals surface area contributed by atoms with Crippen LogP contribution in [0, 0.1) is 83.4 Å². The SMILES string of the molecule is C#CC#CC#CC#CC#CC#CC#CC.CCS. The molecule has 0 nitrogen and oxygen atoms in total. The van der Waals surface area contributed by atoms with Crippen LogP contribution in [0.3, 0.4) is 0 Å². The van der Waals surface area contributed by atoms with Gasteiger partial charge in [0.25, 0.3) is 0 Å². The third kappa shape index (κ3) is 23.2. The van der Waals surface area contributed by atoms with E-state index in [1.165, 1.54) is 0 Å². The van der Waals surface area contributed by atoms with Gasteiger partial charge in [0.1, 0.15) is 0 Å². The Morgan fingerprint density at radius 2 is 1.00 bits per heavy atom. The summed E-state index contributed by atoms with van der Waals surface area (Å²) in [7, 11) is 0. The zero-order valence-electron chi connectivity index (χ0n) is 10.2. The summed E-state index contributed by atoms with van der Waals surface area (Å²) in [5.41, 5.74) is 0. The summed E-state index contributed by atoms with van der Waals surface area (Å²) >= 11 is 3.79. The molecule has 0 spiro atoms. The van der Waals surface area contributed by atoms with Gasteiger partial charge in [-0.3, -0.25) is 0 Å². The van der Waals surface area contributed by atoms with Crippen molar-refractivity contribution in [2.24, 2.45) is 0 Å². The molecule has 84 valence electrons. The summed E-state index contributed by atoms with van der Waals surface area (Å²) in [6.07, 6.45) is 4.87. The predicted molar refractivity (Wildman–Crippen MR) is 80.7 cm³/mol. The molecule has 0 amide bonds. The van der Waals surface area contributed by atoms with Crippen molar-refractivity contribution in [2.75, 3.05) is 5.75 Å². The molecule has 0 aliphatic carbocycles. The van der Waals surface area contributed by atoms with Gasteiger partial charge in [0.05, 0.1) is 0 Å². The van der Waals surface area contributed by atoms with Crippen LogP contribution in [0.4, 0.5) is 0 Å². The summed E-state index contributed by atoms with van der Waals surface area (Å²) in [5, 5.41) is 0. The third-order valence-electron chi connectivity index (χ3n) is 0.822. The Kier molecular flexibility index (Phi) is 19.4. The fourth-order valence-corrected chi connectivity index (χ4v) is 0.380. The Hall–Kier alpha value is -2.73. The fourth-order valence-electron chi connectivity index (χ4n) is 0.380. The van der Waals surface area contributed by atoms with Crippen LogP contribution in [0.2, 0.25) is 0 Å². The third-order valence-corrected chi connectivity index (χ3v) is 0.822. The highest BCUT2D eigenvalue weighted by atomic mass is 32.1. The van der Waals surface area contributed by atoms with Gasteiger partial charge in [-0.2, -0.15) is 12.6 Å². The second-order valence-corrected chi connectivity index (χ2v) is 2.72. The zero-order valence-corrected chi connectivity index (χ0v) is 11.1. The van der Waals surface area contributed by atoms with Gasteiger partial charge < -0.3 is 0 Å². The number of hydrogen-bond donors (Lipinski definition) is 1. The molecule has 0 heterocycles. The molecular formula is C17H10S. The van der Waals surface area contributed by atoms with Gasteiger partial charge in [0.2, 0.25) is 0 Å². The van der Waals surface area contributed by atoms with Crippen molar-refractivity contribution in [3.63, 3.8) is 0 Å². The van der Waals surface area contributed by atoms with E-state index in [0.29, 0.717) is 0 Å². The van der Waals surface area contributed by atoms with Gasteiger partial charge >= 0.3 is 0 Å². The molecule has 1 heteroatoms. The van der Waals surface area contributed by atoms with Crippen molar-refractivity contribution >= 4 is 12.6 Å². The number of rotatable bonds is 0. The Balaban J connectivity index is 0. The Morgan fingerprint density at radius 1 is 0.722 bits per heavy atom. The normalized spacial score (nSPS) is 4.11. The maximum absolute atomic E-state index is 4.87. The van der Waals surface area contributed by atoms with Gasteiger partial charge in [-0.15, -0.1) is 6.42 Å². The van der Waals surface area contributed by atoms with Gasteiger partial charge in [-0.25, -0.2) is 0 Å². The molecular weight excluding hydrogens is 236 g/mol. The van der Waals surface area contributed by atoms with Crippen molar-refractivity contribution in [2.45, 2.75) is 13.8 Å². The van der Waals surface area contributed by atoms with Crippen molar-refractivity contribution < 1.29 is 0 Å². The molecule has 0 fully saturated rings. The lowest BCUT2D eigenvalue weighted by atomic mass is 10.5. The van der Waals surface area contributed by atoms with Gasteiger partial charge in [0.15, 0.2) is 0 Å². The lowest BCUT2D eigenvalue weighted by molar-refractivity contribution is 1.54. The quantitative estimate of drug-likeness (QED) is 0.487. The molecule has 18 heavy (non-hydrogen) atoms. The van der Waals surface area contributed by atoms with Gasteiger partial charge in [-0.05, 0) is 83.7 Å². The van der Waals surface area contributed by atoms with E-state index < -0.39 is 0 Å². The van der Waals surface area contributed by atoms with E-state index in [1.54, 1.807) is 6.92 Å². The molecule has 0 bridgehead atoms. The van der Waals surface area contributed by atoms with Crippen LogP contribution in [0.15, 0.2) is 0 Å². The number of thiol groups is 1. The van der Waals surface area contributed by atoms with E-state index in [2.05, 4.69) is 89.6 Å². The van der Waals surface area contributed by atoms with E-state index in [4.69, 9.17) is 6.42 Å². The van der Waals surface area contributed by atoms with Crippen LogP contribution in [-0.4, -0.2) is 5.75 Å². The van der Waals surface area contributed by atoms with Crippen molar-refractivity contribution in [3.05, 3.63) is 0 Å². The first-order chi connectivity index (χ1) is 8.83. The average Bonchev–Trinajstić information content (AvgIpc) is 2.37. The lowest BCUT2D eigenvalue weighted by Gasteiger charge is -1.55. The number of terminal acetylenes is 1. The maximum atomic E-state index is 4.87. The van der Waals surface area contributed by atoms with Crippen molar-refractivity contribution in [3.8, 4) is 83.4 Å². The highest BCUT2D eigenvalue weighted by molar-refractivity contribution is 7.80. The molecule has 0 radical (unpaired) electrons. The second-order valence-electron chi connectivity index (χ2n) is 2.09. The minimum atomic E-state index is 0.944. The van der Waals surface area contributed by atoms with Crippen LogP contribution >= 0.6 is 12.6 Å². The predicted octanol–water partition coefficient (Wildman–Crippen LogP) is 1.60. The zero-order chi connectivity index (χ0) is 13.9. The minimum absolute atomic E-state index is 0.944. The van der Waals surface area contributed by atoms with Crippen molar-refractivity contribution in [1.29, 1.82) is 0 Å². The molecule has 0 rings (SSSR count). The van der Waals surface area contributed by atoms with Crippen LogP contribution < -0.4 is 0 Å². The Labute approximate surface area is 116 Å².